The van der Waals surface area contributed by atoms with E-state index in [1.54, 1.807) is 4.90 Å². The number of hydrogen-bond donors (Lipinski definition) is 1. The summed E-state index contributed by atoms with van der Waals surface area (Å²) in [6.07, 6.45) is 9.78. The van der Waals surface area contributed by atoms with Crippen molar-refractivity contribution in [3.63, 3.8) is 0 Å². The van der Waals surface area contributed by atoms with Crippen LogP contribution in [0.15, 0.2) is 36.5 Å². The highest BCUT2D eigenvalue weighted by Crippen LogP contribution is 2.47. The molecular formula is C27H36N4O2. The van der Waals surface area contributed by atoms with Crippen LogP contribution >= 0.6 is 0 Å². The minimum atomic E-state index is -0.475. The second-order valence-corrected chi connectivity index (χ2v) is 10.9. The number of nitrogens with zero attached hydrogens (tertiary/aromatic N) is 3. The molecule has 2 fully saturated rings. The van der Waals surface area contributed by atoms with Gasteiger partial charge in [-0.25, -0.2) is 4.79 Å². The van der Waals surface area contributed by atoms with E-state index in [1.165, 1.54) is 40.8 Å². The van der Waals surface area contributed by atoms with Crippen LogP contribution in [-0.2, 0) is 4.74 Å². The van der Waals surface area contributed by atoms with Crippen LogP contribution in [0.1, 0.15) is 76.1 Å². The van der Waals surface area contributed by atoms with Gasteiger partial charge in [-0.1, -0.05) is 30.3 Å². The number of hydrogen-bond acceptors (Lipinski definition) is 4. The van der Waals surface area contributed by atoms with Gasteiger partial charge in [-0.3, -0.25) is 4.68 Å². The van der Waals surface area contributed by atoms with Crippen LogP contribution in [-0.4, -0.2) is 46.0 Å². The molecule has 2 saturated carbocycles. The summed E-state index contributed by atoms with van der Waals surface area (Å²) in [5.41, 5.74) is 11.7. The fourth-order valence-electron chi connectivity index (χ4n) is 4.97. The number of benzene rings is 1. The van der Waals surface area contributed by atoms with Gasteiger partial charge in [-0.15, -0.1) is 0 Å². The highest BCUT2D eigenvalue weighted by Gasteiger charge is 2.35. The predicted molar refractivity (Wildman–Crippen MR) is 131 cm³/mol. The van der Waals surface area contributed by atoms with E-state index < -0.39 is 5.60 Å². The molecule has 1 aliphatic heterocycles. The van der Waals surface area contributed by atoms with Crippen molar-refractivity contribution in [3.05, 3.63) is 47.8 Å². The van der Waals surface area contributed by atoms with Gasteiger partial charge in [0.15, 0.2) is 0 Å². The van der Waals surface area contributed by atoms with Crippen molar-refractivity contribution in [2.75, 3.05) is 19.6 Å². The molecule has 3 aliphatic rings. The molecule has 5 rings (SSSR count). The SMILES string of the molecule is CC(C)(C)OC(=O)N1CC=C(c2ccccc2-c2cn([C@H]3C[C@H](CN)C3)nc2C2CC2)CC1. The summed E-state index contributed by atoms with van der Waals surface area (Å²) in [5.74, 6) is 1.22. The van der Waals surface area contributed by atoms with Crippen molar-refractivity contribution in [3.8, 4) is 11.1 Å². The van der Waals surface area contributed by atoms with Gasteiger partial charge >= 0.3 is 6.09 Å². The van der Waals surface area contributed by atoms with Gasteiger partial charge in [0, 0.05) is 30.8 Å². The first-order valence-corrected chi connectivity index (χ1v) is 12.4. The maximum Gasteiger partial charge on any atom is 0.410 e. The number of amides is 1. The third kappa shape index (κ3) is 4.72. The van der Waals surface area contributed by atoms with Crippen molar-refractivity contribution < 1.29 is 9.53 Å². The highest BCUT2D eigenvalue weighted by molar-refractivity contribution is 5.83. The Hall–Kier alpha value is -2.60. The minimum Gasteiger partial charge on any atom is -0.444 e. The number of carbonyl (C=O) groups excluding carboxylic acids is 1. The topological polar surface area (TPSA) is 73.4 Å². The molecule has 33 heavy (non-hydrogen) atoms. The standard InChI is InChI=1S/C27H36N4O2/c1-27(2,3)33-26(32)30-12-10-19(11-13-30)22-6-4-5-7-23(22)24-17-31(21-14-18(15-21)16-28)29-25(24)20-8-9-20/h4-7,10,17-18,20-21H,8-9,11-16,28H2,1-3H3/t18-,21-. The Morgan fingerprint density at radius 3 is 2.48 bits per heavy atom. The van der Waals surface area contributed by atoms with Crippen molar-refractivity contribution in [1.82, 2.24) is 14.7 Å². The van der Waals surface area contributed by atoms with Crippen molar-refractivity contribution in [1.29, 1.82) is 0 Å². The van der Waals surface area contributed by atoms with E-state index in [2.05, 4.69) is 41.2 Å². The van der Waals surface area contributed by atoms with E-state index in [1.807, 2.05) is 20.8 Å². The molecule has 0 radical (unpaired) electrons. The van der Waals surface area contributed by atoms with Crippen LogP contribution in [0.3, 0.4) is 0 Å². The van der Waals surface area contributed by atoms with E-state index in [0.29, 0.717) is 31.0 Å². The summed E-state index contributed by atoms with van der Waals surface area (Å²) in [5, 5.41) is 5.08. The molecule has 0 bridgehead atoms. The largest absolute Gasteiger partial charge is 0.444 e. The number of rotatable bonds is 5. The third-order valence-corrected chi connectivity index (χ3v) is 7.07. The van der Waals surface area contributed by atoms with Gasteiger partial charge in [0.25, 0.3) is 0 Å². The van der Waals surface area contributed by atoms with Gasteiger partial charge in [0.2, 0.25) is 0 Å². The normalized spacial score (nSPS) is 23.2. The second-order valence-electron chi connectivity index (χ2n) is 10.9. The number of nitrogens with two attached hydrogens (primary N) is 1. The molecule has 0 saturated heterocycles. The summed E-state index contributed by atoms with van der Waals surface area (Å²) >= 11 is 0. The average molecular weight is 449 g/mol. The van der Waals surface area contributed by atoms with E-state index >= 15 is 0 Å². The molecule has 6 nitrogen and oxygen atoms in total. The molecule has 1 amide bonds. The summed E-state index contributed by atoms with van der Waals surface area (Å²) in [6, 6.07) is 9.16. The highest BCUT2D eigenvalue weighted by atomic mass is 16.6. The van der Waals surface area contributed by atoms with Gasteiger partial charge < -0.3 is 15.4 Å². The molecule has 2 N–H and O–H groups in total. The molecule has 1 aromatic carbocycles. The maximum atomic E-state index is 12.5. The summed E-state index contributed by atoms with van der Waals surface area (Å²) in [6.45, 7) is 7.75. The van der Waals surface area contributed by atoms with E-state index in [-0.39, 0.29) is 6.09 Å². The van der Waals surface area contributed by atoms with Crippen molar-refractivity contribution >= 4 is 11.7 Å². The van der Waals surface area contributed by atoms with Crippen molar-refractivity contribution in [2.45, 2.75) is 70.4 Å². The zero-order chi connectivity index (χ0) is 23.2. The first-order chi connectivity index (χ1) is 15.8. The quantitative estimate of drug-likeness (QED) is 0.668. The van der Waals surface area contributed by atoms with Crippen LogP contribution in [0.4, 0.5) is 4.79 Å². The predicted octanol–water partition coefficient (Wildman–Crippen LogP) is 5.36. The van der Waals surface area contributed by atoms with E-state index in [9.17, 15) is 4.79 Å². The van der Waals surface area contributed by atoms with Crippen LogP contribution in [0.5, 0.6) is 0 Å². The minimum absolute atomic E-state index is 0.236. The van der Waals surface area contributed by atoms with Crippen molar-refractivity contribution in [2.24, 2.45) is 11.7 Å². The van der Waals surface area contributed by atoms with Gasteiger partial charge in [0.1, 0.15) is 5.60 Å². The Kier molecular flexibility index (Phi) is 5.81. The molecule has 2 aliphatic carbocycles. The van der Waals surface area contributed by atoms with Crippen LogP contribution in [0.25, 0.3) is 16.7 Å². The van der Waals surface area contributed by atoms with Crippen LogP contribution < -0.4 is 5.73 Å². The smallest absolute Gasteiger partial charge is 0.410 e. The summed E-state index contributed by atoms with van der Waals surface area (Å²) in [7, 11) is 0. The molecule has 6 heteroatoms. The molecule has 2 aromatic rings. The third-order valence-electron chi connectivity index (χ3n) is 7.07. The monoisotopic (exact) mass is 448 g/mol. The fourth-order valence-corrected chi connectivity index (χ4v) is 4.97. The molecule has 2 heterocycles. The van der Waals surface area contributed by atoms with E-state index in [4.69, 9.17) is 15.6 Å². The average Bonchev–Trinajstić information content (AvgIpc) is 3.51. The Labute approximate surface area is 196 Å². The lowest BCUT2D eigenvalue weighted by atomic mass is 9.80. The zero-order valence-electron chi connectivity index (χ0n) is 20.1. The Bertz CT molecular complexity index is 1050. The van der Waals surface area contributed by atoms with Gasteiger partial charge in [0.05, 0.1) is 11.7 Å². The lowest BCUT2D eigenvalue weighted by Gasteiger charge is -2.34. The maximum absolute atomic E-state index is 12.5. The van der Waals surface area contributed by atoms with Gasteiger partial charge in [-0.05, 0) is 82.0 Å². The first kappa shape index (κ1) is 22.2. The second kappa shape index (κ2) is 8.64. The molecular weight excluding hydrogens is 412 g/mol. The lowest BCUT2D eigenvalue weighted by Crippen LogP contribution is -2.39. The van der Waals surface area contributed by atoms with Crippen LogP contribution in [0, 0.1) is 5.92 Å². The van der Waals surface area contributed by atoms with Crippen LogP contribution in [0.2, 0.25) is 0 Å². The number of aromatic nitrogens is 2. The van der Waals surface area contributed by atoms with E-state index in [0.717, 1.165) is 25.8 Å². The molecule has 1 aromatic heterocycles. The number of carbonyl (C=O) groups is 1. The lowest BCUT2D eigenvalue weighted by molar-refractivity contribution is 0.0270. The number of ether oxygens (including phenoxy) is 1. The zero-order valence-corrected chi connectivity index (χ0v) is 20.1. The molecule has 176 valence electrons. The summed E-state index contributed by atoms with van der Waals surface area (Å²) in [4.78, 5) is 14.3. The summed E-state index contributed by atoms with van der Waals surface area (Å²) < 4.78 is 7.77. The molecule has 0 spiro atoms. The van der Waals surface area contributed by atoms with Gasteiger partial charge in [-0.2, -0.15) is 5.10 Å². The molecule has 0 atom stereocenters. The molecule has 0 unspecified atom stereocenters. The fraction of sp³-hybridized carbons (Fsp3) is 0.556. The first-order valence-electron chi connectivity index (χ1n) is 12.4. The Balaban J connectivity index is 1.40. The Morgan fingerprint density at radius 2 is 1.88 bits per heavy atom. The Morgan fingerprint density at radius 1 is 1.15 bits per heavy atom.